The van der Waals surface area contributed by atoms with Gasteiger partial charge in [0.1, 0.15) is 5.82 Å². The minimum absolute atomic E-state index is 0. The van der Waals surface area contributed by atoms with Crippen molar-refractivity contribution >= 4 is 53.3 Å². The number of rotatable bonds is 6. The molecule has 3 N–H and O–H groups in total. The van der Waals surface area contributed by atoms with Crippen LogP contribution in [0.1, 0.15) is 24.1 Å². The van der Waals surface area contributed by atoms with Crippen LogP contribution in [0.15, 0.2) is 35.6 Å². The van der Waals surface area contributed by atoms with Gasteiger partial charge in [-0.3, -0.25) is 9.79 Å². The Morgan fingerprint density at radius 3 is 2.71 bits per heavy atom. The van der Waals surface area contributed by atoms with Crippen LogP contribution in [0.2, 0.25) is 5.02 Å². The van der Waals surface area contributed by atoms with E-state index >= 15 is 0 Å². The summed E-state index contributed by atoms with van der Waals surface area (Å²) in [6, 6.07) is 5.97. The normalized spacial score (nSPS) is 14.8. The molecule has 0 aromatic carbocycles. The number of piperidine rings is 1. The summed E-state index contributed by atoms with van der Waals surface area (Å²) in [6.07, 6.45) is 5.23. The van der Waals surface area contributed by atoms with Crippen molar-refractivity contribution in [3.05, 3.63) is 46.9 Å². The van der Waals surface area contributed by atoms with Gasteiger partial charge in [-0.05, 0) is 25.0 Å². The Morgan fingerprint density at radius 2 is 2.13 bits per heavy atom. The van der Waals surface area contributed by atoms with Crippen LogP contribution >= 0.6 is 35.6 Å². The third-order valence-corrected chi connectivity index (χ3v) is 5.76. The molecule has 170 valence electrons. The van der Waals surface area contributed by atoms with Crippen molar-refractivity contribution in [1.82, 2.24) is 19.8 Å². The van der Waals surface area contributed by atoms with Crippen LogP contribution in [0.3, 0.4) is 0 Å². The highest BCUT2D eigenvalue weighted by atomic mass is 127. The molecule has 2 aromatic heterocycles. The van der Waals surface area contributed by atoms with Crippen LogP contribution in [0.4, 0.5) is 5.82 Å². The SMILES string of the molecule is CN=C(NCc1cccnc1N1CCC(C(N)=O)CC1)N(C)Cc1cc(Cl)cn1C.I. The summed E-state index contributed by atoms with van der Waals surface area (Å²) in [5, 5.41) is 4.16. The lowest BCUT2D eigenvalue weighted by molar-refractivity contribution is -0.122. The molecule has 0 unspecified atom stereocenters. The van der Waals surface area contributed by atoms with E-state index in [9.17, 15) is 4.79 Å². The lowest BCUT2D eigenvalue weighted by Gasteiger charge is -2.32. The van der Waals surface area contributed by atoms with E-state index in [2.05, 4.69) is 31.2 Å². The van der Waals surface area contributed by atoms with Gasteiger partial charge in [0.15, 0.2) is 5.96 Å². The van der Waals surface area contributed by atoms with Crippen molar-refractivity contribution in [3.8, 4) is 0 Å². The van der Waals surface area contributed by atoms with Gasteiger partial charge >= 0.3 is 0 Å². The summed E-state index contributed by atoms with van der Waals surface area (Å²) < 4.78 is 2.01. The minimum atomic E-state index is -0.205. The molecule has 3 rings (SSSR count). The number of pyridine rings is 1. The lowest BCUT2D eigenvalue weighted by Crippen LogP contribution is -2.40. The number of guanidine groups is 1. The van der Waals surface area contributed by atoms with Gasteiger partial charge in [0, 0.05) is 70.3 Å². The summed E-state index contributed by atoms with van der Waals surface area (Å²) in [5.41, 5.74) is 7.65. The Bertz CT molecular complexity index is 909. The topological polar surface area (TPSA) is 91.8 Å². The standard InChI is InChI=1S/C21H30ClN7O.HI/c1-24-21(28(3)14-18-11-17(22)13-27(18)2)26-12-16-5-4-8-25-20(16)29-9-6-15(7-10-29)19(23)30;/h4-5,8,11,13,15H,6-7,9-10,12,14H2,1-3H3,(H2,23,30)(H,24,26);1H. The predicted octanol–water partition coefficient (Wildman–Crippen LogP) is 2.60. The first kappa shape index (κ1) is 25.3. The molecule has 0 bridgehead atoms. The quantitative estimate of drug-likeness (QED) is 0.323. The highest BCUT2D eigenvalue weighted by Crippen LogP contribution is 2.24. The number of hydrogen-bond acceptors (Lipinski definition) is 4. The van der Waals surface area contributed by atoms with E-state index in [1.807, 2.05) is 37.0 Å². The van der Waals surface area contributed by atoms with Crippen molar-refractivity contribution in [2.45, 2.75) is 25.9 Å². The van der Waals surface area contributed by atoms with E-state index in [1.54, 1.807) is 13.2 Å². The Balaban J connectivity index is 0.00000341. The molecular weight excluding hydrogens is 529 g/mol. The van der Waals surface area contributed by atoms with Crippen LogP contribution < -0.4 is 16.0 Å². The fourth-order valence-electron chi connectivity index (χ4n) is 3.83. The van der Waals surface area contributed by atoms with Gasteiger partial charge in [0.25, 0.3) is 0 Å². The largest absolute Gasteiger partial charge is 0.369 e. The number of primary amides is 1. The number of nitrogens with one attached hydrogen (secondary N) is 1. The Morgan fingerprint density at radius 1 is 1.42 bits per heavy atom. The molecule has 0 radical (unpaired) electrons. The number of aliphatic imine (C=N–C) groups is 1. The number of aromatic nitrogens is 2. The van der Waals surface area contributed by atoms with Gasteiger partial charge in [0.2, 0.25) is 5.91 Å². The maximum Gasteiger partial charge on any atom is 0.220 e. The molecule has 1 saturated heterocycles. The van der Waals surface area contributed by atoms with Gasteiger partial charge < -0.3 is 25.4 Å². The van der Waals surface area contributed by atoms with E-state index in [-0.39, 0.29) is 35.8 Å². The smallest absolute Gasteiger partial charge is 0.220 e. The lowest BCUT2D eigenvalue weighted by atomic mass is 9.96. The number of carbonyl (C=O) groups is 1. The predicted molar refractivity (Wildman–Crippen MR) is 136 cm³/mol. The maximum absolute atomic E-state index is 11.4. The average Bonchev–Trinajstić information content (AvgIpc) is 3.05. The summed E-state index contributed by atoms with van der Waals surface area (Å²) in [4.78, 5) is 24.7. The Kier molecular flexibility index (Phi) is 9.42. The second-order valence-electron chi connectivity index (χ2n) is 7.67. The Labute approximate surface area is 205 Å². The number of nitrogens with two attached hydrogens (primary N) is 1. The second kappa shape index (κ2) is 11.6. The number of nitrogens with zero attached hydrogens (tertiary/aromatic N) is 5. The number of halogens is 2. The van der Waals surface area contributed by atoms with E-state index in [4.69, 9.17) is 17.3 Å². The summed E-state index contributed by atoms with van der Waals surface area (Å²) in [5.74, 6) is 1.49. The molecular formula is C21H31ClIN7O. The van der Waals surface area contributed by atoms with Crippen LogP contribution in [0.25, 0.3) is 0 Å². The number of anilines is 1. The molecule has 0 spiro atoms. The zero-order valence-corrected chi connectivity index (χ0v) is 21.3. The molecule has 10 heteroatoms. The fourth-order valence-corrected chi connectivity index (χ4v) is 4.10. The maximum atomic E-state index is 11.4. The van der Waals surface area contributed by atoms with Gasteiger partial charge in [0.05, 0.1) is 11.6 Å². The second-order valence-corrected chi connectivity index (χ2v) is 8.10. The molecule has 0 atom stereocenters. The first-order valence-electron chi connectivity index (χ1n) is 10.1. The van der Waals surface area contributed by atoms with E-state index < -0.39 is 0 Å². The molecule has 0 saturated carbocycles. The van der Waals surface area contributed by atoms with E-state index in [1.165, 1.54) is 0 Å². The monoisotopic (exact) mass is 559 g/mol. The third-order valence-electron chi connectivity index (χ3n) is 5.55. The summed E-state index contributed by atoms with van der Waals surface area (Å²) in [6.45, 7) is 2.84. The molecule has 3 heterocycles. The first-order valence-corrected chi connectivity index (χ1v) is 10.5. The summed E-state index contributed by atoms with van der Waals surface area (Å²) in [7, 11) is 5.75. The molecule has 31 heavy (non-hydrogen) atoms. The van der Waals surface area contributed by atoms with Crippen LogP contribution in [0.5, 0.6) is 0 Å². The van der Waals surface area contributed by atoms with Crippen molar-refractivity contribution in [2.24, 2.45) is 23.7 Å². The third kappa shape index (κ3) is 6.49. The molecule has 1 aliphatic heterocycles. The highest BCUT2D eigenvalue weighted by molar-refractivity contribution is 14.0. The number of amides is 1. The van der Waals surface area contributed by atoms with Crippen molar-refractivity contribution < 1.29 is 4.79 Å². The van der Waals surface area contributed by atoms with Crippen LogP contribution in [0, 0.1) is 5.92 Å². The zero-order valence-electron chi connectivity index (χ0n) is 18.2. The van der Waals surface area contributed by atoms with Gasteiger partial charge in [-0.2, -0.15) is 0 Å². The van der Waals surface area contributed by atoms with E-state index in [0.29, 0.717) is 13.1 Å². The zero-order chi connectivity index (χ0) is 21.7. The number of aryl methyl sites for hydroxylation is 1. The Hall–Kier alpha value is -2.01. The van der Waals surface area contributed by atoms with Gasteiger partial charge in [-0.15, -0.1) is 24.0 Å². The average molecular weight is 560 g/mol. The number of carbonyl (C=O) groups excluding carboxylic acids is 1. The molecule has 2 aromatic rings. The molecule has 1 fully saturated rings. The molecule has 1 aliphatic rings. The molecule has 8 nitrogen and oxygen atoms in total. The van der Waals surface area contributed by atoms with Crippen molar-refractivity contribution in [2.75, 3.05) is 32.1 Å². The van der Waals surface area contributed by atoms with Crippen LogP contribution in [-0.2, 0) is 24.9 Å². The minimum Gasteiger partial charge on any atom is -0.369 e. The first-order chi connectivity index (χ1) is 14.4. The van der Waals surface area contributed by atoms with Crippen molar-refractivity contribution in [1.29, 1.82) is 0 Å². The highest BCUT2D eigenvalue weighted by Gasteiger charge is 2.25. The number of hydrogen-bond donors (Lipinski definition) is 2. The van der Waals surface area contributed by atoms with Gasteiger partial charge in [-0.25, -0.2) is 4.98 Å². The van der Waals surface area contributed by atoms with Crippen LogP contribution in [-0.4, -0.2) is 53.5 Å². The summed E-state index contributed by atoms with van der Waals surface area (Å²) >= 11 is 6.10. The molecule has 0 aliphatic carbocycles. The fraction of sp³-hybridized carbons (Fsp3) is 0.476. The molecule has 1 amide bonds. The van der Waals surface area contributed by atoms with E-state index in [0.717, 1.165) is 54.0 Å². The van der Waals surface area contributed by atoms with Crippen molar-refractivity contribution in [3.63, 3.8) is 0 Å². The van der Waals surface area contributed by atoms with Gasteiger partial charge in [-0.1, -0.05) is 17.7 Å².